The van der Waals surface area contributed by atoms with Crippen molar-refractivity contribution in [3.05, 3.63) is 30.1 Å². The molecule has 0 fully saturated rings. The highest BCUT2D eigenvalue weighted by molar-refractivity contribution is 7.90. The van der Waals surface area contributed by atoms with Gasteiger partial charge in [0.1, 0.15) is 10.7 Å². The Morgan fingerprint density at radius 1 is 1.33 bits per heavy atom. The largest absolute Gasteiger partial charge is 0.274 e. The Bertz CT molecular complexity index is 526. The summed E-state index contributed by atoms with van der Waals surface area (Å²) in [5.74, 6) is -1.19. The molecule has 0 unspecified atom stereocenters. The highest BCUT2D eigenvalue weighted by Crippen LogP contribution is 2.13. The van der Waals surface area contributed by atoms with Crippen LogP contribution in [0.15, 0.2) is 29.2 Å². The minimum atomic E-state index is -4.11. The van der Waals surface area contributed by atoms with Crippen molar-refractivity contribution in [3.8, 4) is 0 Å². The number of sulfonamides is 1. The van der Waals surface area contributed by atoms with Crippen molar-refractivity contribution in [2.75, 3.05) is 0 Å². The number of nitrogens with one attached hydrogen (secondary N) is 1. The van der Waals surface area contributed by atoms with E-state index in [0.29, 0.717) is 12.3 Å². The van der Waals surface area contributed by atoms with Gasteiger partial charge in [0.25, 0.3) is 10.0 Å². The topological polar surface area (TPSA) is 63.2 Å². The van der Waals surface area contributed by atoms with Crippen LogP contribution < -0.4 is 4.72 Å². The maximum absolute atomic E-state index is 13.3. The summed E-state index contributed by atoms with van der Waals surface area (Å²) >= 11 is 0. The Hall–Kier alpha value is -1.43. The van der Waals surface area contributed by atoms with Gasteiger partial charge in [-0.25, -0.2) is 17.5 Å². The number of halogens is 1. The maximum Gasteiger partial charge on any atom is 0.266 e. The van der Waals surface area contributed by atoms with Gasteiger partial charge in [0.05, 0.1) is 0 Å². The lowest BCUT2D eigenvalue weighted by molar-refractivity contribution is -0.119. The molecule has 0 saturated carbocycles. The summed E-state index contributed by atoms with van der Waals surface area (Å²) in [6.07, 6.45) is 0.684. The summed E-state index contributed by atoms with van der Waals surface area (Å²) in [4.78, 5) is 10.9. The third-order valence-corrected chi connectivity index (χ3v) is 3.73. The van der Waals surface area contributed by atoms with Gasteiger partial charge in [0.15, 0.2) is 0 Å². The minimum absolute atomic E-state index is 0.103. The maximum atomic E-state index is 13.3. The molecule has 0 radical (unpaired) electrons. The lowest BCUT2D eigenvalue weighted by Crippen LogP contribution is -2.31. The van der Waals surface area contributed by atoms with Crippen LogP contribution in [0.1, 0.15) is 26.7 Å². The van der Waals surface area contributed by atoms with Crippen LogP contribution in [0.2, 0.25) is 0 Å². The van der Waals surface area contributed by atoms with E-state index in [1.807, 2.05) is 18.6 Å². The van der Waals surface area contributed by atoms with E-state index < -0.39 is 26.6 Å². The predicted octanol–water partition coefficient (Wildman–Crippen LogP) is 2.07. The molecule has 18 heavy (non-hydrogen) atoms. The molecule has 1 N–H and O–H groups in total. The number of benzene rings is 1. The van der Waals surface area contributed by atoms with Gasteiger partial charge < -0.3 is 0 Å². The molecule has 6 heteroatoms. The Morgan fingerprint density at radius 3 is 2.50 bits per heavy atom. The van der Waals surface area contributed by atoms with Gasteiger partial charge in [0, 0.05) is 6.42 Å². The fraction of sp³-hybridized carbons (Fsp3) is 0.417. The van der Waals surface area contributed by atoms with Gasteiger partial charge >= 0.3 is 0 Å². The number of amides is 1. The molecule has 1 aromatic rings. The first-order chi connectivity index (χ1) is 8.33. The number of rotatable bonds is 5. The summed E-state index contributed by atoms with van der Waals surface area (Å²) in [5, 5.41) is 0. The average Bonchev–Trinajstić information content (AvgIpc) is 2.26. The average molecular weight is 273 g/mol. The molecule has 100 valence electrons. The number of hydrogen-bond acceptors (Lipinski definition) is 3. The summed E-state index contributed by atoms with van der Waals surface area (Å²) in [7, 11) is -4.11. The van der Waals surface area contributed by atoms with E-state index in [2.05, 4.69) is 0 Å². The Labute approximate surface area is 106 Å². The van der Waals surface area contributed by atoms with Crippen LogP contribution in [0.4, 0.5) is 4.39 Å². The SMILES string of the molecule is CC(C)CCC(=O)NS(=O)(=O)c1ccccc1F. The van der Waals surface area contributed by atoms with Crippen molar-refractivity contribution in [1.29, 1.82) is 0 Å². The first kappa shape index (κ1) is 14.6. The smallest absolute Gasteiger partial charge is 0.266 e. The molecular formula is C12H16FNO3S. The molecule has 0 aliphatic heterocycles. The third kappa shape index (κ3) is 4.10. The molecule has 0 bridgehead atoms. The highest BCUT2D eigenvalue weighted by Gasteiger charge is 2.20. The van der Waals surface area contributed by atoms with E-state index in [0.717, 1.165) is 12.1 Å². The second-order valence-corrected chi connectivity index (χ2v) is 6.04. The molecule has 0 spiro atoms. The molecule has 0 aliphatic carbocycles. The normalized spacial score (nSPS) is 11.6. The number of hydrogen-bond donors (Lipinski definition) is 1. The van der Waals surface area contributed by atoms with Crippen LogP contribution in [0, 0.1) is 11.7 Å². The summed E-state index contributed by atoms with van der Waals surface area (Å²) in [6, 6.07) is 4.94. The zero-order valence-electron chi connectivity index (χ0n) is 10.3. The van der Waals surface area contributed by atoms with Crippen LogP contribution >= 0.6 is 0 Å². The molecule has 0 aromatic heterocycles. The van der Waals surface area contributed by atoms with Crippen molar-refractivity contribution in [1.82, 2.24) is 4.72 Å². The lowest BCUT2D eigenvalue weighted by Gasteiger charge is -2.08. The van der Waals surface area contributed by atoms with E-state index in [9.17, 15) is 17.6 Å². The molecule has 0 saturated heterocycles. The van der Waals surface area contributed by atoms with Crippen molar-refractivity contribution < 1.29 is 17.6 Å². The van der Waals surface area contributed by atoms with Gasteiger partial charge in [-0.05, 0) is 24.5 Å². The molecule has 4 nitrogen and oxygen atoms in total. The van der Waals surface area contributed by atoms with Crippen LogP contribution in [0.25, 0.3) is 0 Å². The fourth-order valence-electron chi connectivity index (χ4n) is 1.34. The molecular weight excluding hydrogens is 257 g/mol. The third-order valence-electron chi connectivity index (χ3n) is 2.32. The van der Waals surface area contributed by atoms with Crippen molar-refractivity contribution in [2.45, 2.75) is 31.6 Å². The van der Waals surface area contributed by atoms with Gasteiger partial charge in [-0.1, -0.05) is 26.0 Å². The van der Waals surface area contributed by atoms with Crippen molar-refractivity contribution >= 4 is 15.9 Å². The first-order valence-corrected chi connectivity index (χ1v) is 7.11. The first-order valence-electron chi connectivity index (χ1n) is 5.63. The van der Waals surface area contributed by atoms with Gasteiger partial charge in [-0.2, -0.15) is 0 Å². The summed E-state index contributed by atoms with van der Waals surface area (Å²) < 4.78 is 38.7. The molecule has 1 aromatic carbocycles. The quantitative estimate of drug-likeness (QED) is 0.893. The van der Waals surface area contributed by atoms with E-state index >= 15 is 0 Å². The van der Waals surface area contributed by atoms with Gasteiger partial charge in [-0.15, -0.1) is 0 Å². The summed E-state index contributed by atoms with van der Waals surface area (Å²) in [5.41, 5.74) is 0. The zero-order valence-corrected chi connectivity index (χ0v) is 11.1. The van der Waals surface area contributed by atoms with E-state index in [1.54, 1.807) is 0 Å². The Balaban J connectivity index is 2.77. The number of carbonyl (C=O) groups excluding carboxylic acids is 1. The highest BCUT2D eigenvalue weighted by atomic mass is 32.2. The predicted molar refractivity (Wildman–Crippen MR) is 65.8 cm³/mol. The van der Waals surface area contributed by atoms with E-state index in [-0.39, 0.29) is 6.42 Å². The second-order valence-electron chi connectivity index (χ2n) is 4.39. The van der Waals surface area contributed by atoms with Crippen LogP contribution in [-0.4, -0.2) is 14.3 Å². The minimum Gasteiger partial charge on any atom is -0.274 e. The summed E-state index contributed by atoms with van der Waals surface area (Å²) in [6.45, 7) is 3.86. The molecule has 1 amide bonds. The molecule has 0 heterocycles. The van der Waals surface area contributed by atoms with Gasteiger partial charge in [0.2, 0.25) is 5.91 Å². The van der Waals surface area contributed by atoms with Crippen LogP contribution in [0.5, 0.6) is 0 Å². The zero-order chi connectivity index (χ0) is 13.8. The van der Waals surface area contributed by atoms with E-state index in [1.165, 1.54) is 12.1 Å². The fourth-order valence-corrected chi connectivity index (χ4v) is 2.43. The van der Waals surface area contributed by atoms with Crippen LogP contribution in [0.3, 0.4) is 0 Å². The number of carbonyl (C=O) groups is 1. The molecule has 0 aliphatic rings. The van der Waals surface area contributed by atoms with Gasteiger partial charge in [-0.3, -0.25) is 4.79 Å². The Kier molecular flexibility index (Phi) is 4.84. The molecule has 0 atom stereocenters. The lowest BCUT2D eigenvalue weighted by atomic mass is 10.1. The Morgan fingerprint density at radius 2 is 1.94 bits per heavy atom. The van der Waals surface area contributed by atoms with Crippen molar-refractivity contribution in [3.63, 3.8) is 0 Å². The van der Waals surface area contributed by atoms with Crippen LogP contribution in [-0.2, 0) is 14.8 Å². The molecule has 1 rings (SSSR count). The van der Waals surface area contributed by atoms with Crippen molar-refractivity contribution in [2.24, 2.45) is 5.92 Å². The van der Waals surface area contributed by atoms with E-state index in [4.69, 9.17) is 0 Å². The second kappa shape index (κ2) is 5.95. The monoisotopic (exact) mass is 273 g/mol. The standard InChI is InChI=1S/C12H16FNO3S/c1-9(2)7-8-12(15)14-18(16,17)11-6-4-3-5-10(11)13/h3-6,9H,7-8H2,1-2H3,(H,14,15).